The van der Waals surface area contributed by atoms with E-state index in [0.717, 1.165) is 40.9 Å². The summed E-state index contributed by atoms with van der Waals surface area (Å²) >= 11 is 1.56. The van der Waals surface area contributed by atoms with Crippen LogP contribution in [0.15, 0.2) is 36.0 Å². The van der Waals surface area contributed by atoms with Gasteiger partial charge in [0.2, 0.25) is 0 Å². The molecule has 0 bridgehead atoms. The smallest absolute Gasteiger partial charge is 0.253 e. The second kappa shape index (κ2) is 6.93. The van der Waals surface area contributed by atoms with Crippen LogP contribution in [0.5, 0.6) is 0 Å². The SMILES string of the molecule is O=C(c1ccc2ncsc2c1)N1CCC[C@@H](c2ccn(CCO)n2)C1. The molecule has 1 saturated heterocycles. The quantitative estimate of drug-likeness (QED) is 0.780. The zero-order chi connectivity index (χ0) is 17.2. The molecule has 3 aromatic rings. The first-order valence-electron chi connectivity index (χ1n) is 8.51. The fourth-order valence-electron chi connectivity index (χ4n) is 3.40. The van der Waals surface area contributed by atoms with E-state index < -0.39 is 0 Å². The van der Waals surface area contributed by atoms with Crippen molar-refractivity contribution in [1.82, 2.24) is 19.7 Å². The summed E-state index contributed by atoms with van der Waals surface area (Å²) in [7, 11) is 0. The molecule has 1 aromatic carbocycles. The van der Waals surface area contributed by atoms with Crippen molar-refractivity contribution in [1.29, 1.82) is 0 Å². The maximum atomic E-state index is 12.9. The zero-order valence-electron chi connectivity index (χ0n) is 13.8. The van der Waals surface area contributed by atoms with Crippen molar-refractivity contribution in [2.75, 3.05) is 19.7 Å². The maximum absolute atomic E-state index is 12.9. The number of amides is 1. The Kier molecular flexibility index (Phi) is 4.50. The van der Waals surface area contributed by atoms with E-state index in [1.165, 1.54) is 0 Å². The molecule has 0 aliphatic carbocycles. The van der Waals surface area contributed by atoms with E-state index in [-0.39, 0.29) is 18.4 Å². The van der Waals surface area contributed by atoms with Crippen LogP contribution in [0.1, 0.15) is 34.8 Å². The molecule has 3 heterocycles. The second-order valence-corrected chi connectivity index (χ2v) is 7.24. The van der Waals surface area contributed by atoms with E-state index >= 15 is 0 Å². The second-order valence-electron chi connectivity index (χ2n) is 6.35. The number of likely N-dealkylation sites (tertiary alicyclic amines) is 1. The molecule has 1 amide bonds. The summed E-state index contributed by atoms with van der Waals surface area (Å²) in [6.45, 7) is 2.06. The number of fused-ring (bicyclic) bond motifs is 1. The van der Waals surface area contributed by atoms with Crippen molar-refractivity contribution in [3.63, 3.8) is 0 Å². The van der Waals surface area contributed by atoms with Gasteiger partial charge in [0, 0.05) is 30.8 Å². The van der Waals surface area contributed by atoms with Crippen LogP contribution < -0.4 is 0 Å². The molecule has 25 heavy (non-hydrogen) atoms. The molecule has 130 valence electrons. The minimum atomic E-state index is 0.0785. The molecule has 1 atom stereocenters. The van der Waals surface area contributed by atoms with Gasteiger partial charge in [0.1, 0.15) is 0 Å². The highest BCUT2D eigenvalue weighted by Gasteiger charge is 2.27. The monoisotopic (exact) mass is 356 g/mol. The van der Waals surface area contributed by atoms with Crippen molar-refractivity contribution >= 4 is 27.5 Å². The fraction of sp³-hybridized carbons (Fsp3) is 0.389. The van der Waals surface area contributed by atoms with Crippen LogP contribution in [-0.2, 0) is 6.54 Å². The lowest BCUT2D eigenvalue weighted by Crippen LogP contribution is -2.39. The lowest BCUT2D eigenvalue weighted by atomic mass is 9.94. The van der Waals surface area contributed by atoms with Crippen LogP contribution in [0.2, 0.25) is 0 Å². The minimum absolute atomic E-state index is 0.0785. The van der Waals surface area contributed by atoms with Gasteiger partial charge in [-0.1, -0.05) is 0 Å². The summed E-state index contributed by atoms with van der Waals surface area (Å²) in [6.07, 6.45) is 3.91. The summed E-state index contributed by atoms with van der Waals surface area (Å²) in [5, 5.41) is 13.6. The third-order valence-electron chi connectivity index (χ3n) is 4.70. The first kappa shape index (κ1) is 16.2. The van der Waals surface area contributed by atoms with E-state index in [1.807, 2.05) is 35.4 Å². The molecule has 1 aliphatic heterocycles. The van der Waals surface area contributed by atoms with Crippen molar-refractivity contribution in [3.05, 3.63) is 47.2 Å². The van der Waals surface area contributed by atoms with Crippen molar-refractivity contribution in [2.24, 2.45) is 0 Å². The number of nitrogens with zero attached hydrogens (tertiary/aromatic N) is 4. The molecular formula is C18H20N4O2S. The Hall–Kier alpha value is -2.25. The molecule has 4 rings (SSSR count). The van der Waals surface area contributed by atoms with Gasteiger partial charge in [-0.15, -0.1) is 11.3 Å². The Balaban J connectivity index is 1.50. The van der Waals surface area contributed by atoms with Gasteiger partial charge in [-0.2, -0.15) is 5.10 Å². The van der Waals surface area contributed by atoms with Gasteiger partial charge < -0.3 is 10.0 Å². The molecule has 0 spiro atoms. The molecule has 0 radical (unpaired) electrons. The number of aliphatic hydroxyl groups excluding tert-OH is 1. The molecule has 1 fully saturated rings. The van der Waals surface area contributed by atoms with E-state index in [9.17, 15) is 4.79 Å². The number of piperidine rings is 1. The first-order valence-corrected chi connectivity index (χ1v) is 9.39. The molecule has 7 heteroatoms. The Morgan fingerprint density at radius 1 is 1.36 bits per heavy atom. The largest absolute Gasteiger partial charge is 0.394 e. The fourth-order valence-corrected chi connectivity index (χ4v) is 4.11. The summed E-state index contributed by atoms with van der Waals surface area (Å²) in [6, 6.07) is 7.72. The Labute approximate surface area is 149 Å². The van der Waals surface area contributed by atoms with Crippen LogP contribution in [0.25, 0.3) is 10.2 Å². The van der Waals surface area contributed by atoms with Gasteiger partial charge >= 0.3 is 0 Å². The zero-order valence-corrected chi connectivity index (χ0v) is 14.7. The van der Waals surface area contributed by atoms with Crippen molar-refractivity contribution in [2.45, 2.75) is 25.3 Å². The Morgan fingerprint density at radius 2 is 2.28 bits per heavy atom. The van der Waals surface area contributed by atoms with Gasteiger partial charge in [-0.3, -0.25) is 9.48 Å². The molecule has 0 unspecified atom stereocenters. The third kappa shape index (κ3) is 3.29. The number of aliphatic hydroxyl groups is 1. The first-order chi connectivity index (χ1) is 12.2. The van der Waals surface area contributed by atoms with Crippen LogP contribution in [0, 0.1) is 0 Å². The van der Waals surface area contributed by atoms with Gasteiger partial charge in [-0.05, 0) is 37.1 Å². The van der Waals surface area contributed by atoms with Crippen LogP contribution >= 0.6 is 11.3 Å². The predicted molar refractivity (Wildman–Crippen MR) is 96.8 cm³/mol. The average Bonchev–Trinajstić information content (AvgIpc) is 3.30. The van der Waals surface area contributed by atoms with Crippen LogP contribution in [0.4, 0.5) is 0 Å². The number of carbonyl (C=O) groups is 1. The number of hydrogen-bond acceptors (Lipinski definition) is 5. The third-order valence-corrected chi connectivity index (χ3v) is 5.49. The molecule has 1 aliphatic rings. The van der Waals surface area contributed by atoms with Crippen LogP contribution in [-0.4, -0.2) is 50.4 Å². The number of rotatable bonds is 4. The van der Waals surface area contributed by atoms with Crippen molar-refractivity contribution in [3.8, 4) is 0 Å². The number of carbonyl (C=O) groups excluding carboxylic acids is 1. The van der Waals surface area contributed by atoms with Crippen LogP contribution in [0.3, 0.4) is 0 Å². The van der Waals surface area contributed by atoms with Crippen molar-refractivity contribution < 1.29 is 9.90 Å². The number of aromatic nitrogens is 3. The highest BCUT2D eigenvalue weighted by atomic mass is 32.1. The molecule has 0 saturated carbocycles. The van der Waals surface area contributed by atoms with Gasteiger partial charge in [0.25, 0.3) is 5.91 Å². The van der Waals surface area contributed by atoms with E-state index in [0.29, 0.717) is 13.1 Å². The lowest BCUT2D eigenvalue weighted by Gasteiger charge is -2.32. The minimum Gasteiger partial charge on any atom is -0.394 e. The van der Waals surface area contributed by atoms with E-state index in [2.05, 4.69) is 10.1 Å². The number of hydrogen-bond donors (Lipinski definition) is 1. The molecule has 6 nitrogen and oxygen atoms in total. The van der Waals surface area contributed by atoms with Gasteiger partial charge in [0.15, 0.2) is 0 Å². The predicted octanol–water partition coefficient (Wildman–Crippen LogP) is 2.50. The maximum Gasteiger partial charge on any atom is 0.253 e. The van der Waals surface area contributed by atoms with Gasteiger partial charge in [0.05, 0.1) is 34.6 Å². The normalized spacial score (nSPS) is 18.0. The lowest BCUT2D eigenvalue weighted by molar-refractivity contribution is 0.0706. The summed E-state index contributed by atoms with van der Waals surface area (Å²) in [5.41, 5.74) is 4.47. The Bertz CT molecular complexity index is 888. The number of benzene rings is 1. The number of thiazole rings is 1. The summed E-state index contributed by atoms with van der Waals surface area (Å²) < 4.78 is 2.80. The van der Waals surface area contributed by atoms with E-state index in [1.54, 1.807) is 21.5 Å². The molecule has 1 N–H and O–H groups in total. The molecule has 2 aromatic heterocycles. The molecular weight excluding hydrogens is 336 g/mol. The van der Waals surface area contributed by atoms with Gasteiger partial charge in [-0.25, -0.2) is 4.98 Å². The van der Waals surface area contributed by atoms with E-state index in [4.69, 9.17) is 5.11 Å². The standard InChI is InChI=1S/C18H20N4O2S/c23-9-8-22-7-5-15(20-22)14-2-1-6-21(11-14)18(24)13-3-4-16-17(10-13)25-12-19-16/h3-5,7,10,12,14,23H,1-2,6,8-9,11H2/t14-/m1/s1. The highest BCUT2D eigenvalue weighted by molar-refractivity contribution is 7.16. The summed E-state index contributed by atoms with van der Waals surface area (Å²) in [5.74, 6) is 0.333. The average molecular weight is 356 g/mol. The highest BCUT2D eigenvalue weighted by Crippen LogP contribution is 2.27. The topological polar surface area (TPSA) is 71.2 Å². The summed E-state index contributed by atoms with van der Waals surface area (Å²) in [4.78, 5) is 19.1. The Morgan fingerprint density at radius 3 is 3.16 bits per heavy atom.